The van der Waals surface area contributed by atoms with Gasteiger partial charge in [-0.2, -0.15) is 0 Å². The van der Waals surface area contributed by atoms with Gasteiger partial charge < -0.3 is 24.2 Å². The average molecular weight is 463 g/mol. The van der Waals surface area contributed by atoms with Crippen LogP contribution in [0.25, 0.3) is 0 Å². The van der Waals surface area contributed by atoms with E-state index in [2.05, 4.69) is 11.4 Å². The Kier molecular flexibility index (Phi) is 9.50. The highest BCUT2D eigenvalue weighted by Gasteiger charge is 2.33. The van der Waals surface area contributed by atoms with Gasteiger partial charge in [-0.1, -0.05) is 12.1 Å². The molecule has 2 atom stereocenters. The van der Waals surface area contributed by atoms with Crippen LogP contribution in [0.4, 0.5) is 0 Å². The van der Waals surface area contributed by atoms with Gasteiger partial charge in [-0.3, -0.25) is 9.69 Å². The van der Waals surface area contributed by atoms with Gasteiger partial charge in [-0.25, -0.2) is 0 Å². The molecule has 0 saturated carbocycles. The minimum atomic E-state index is -0.657. The molecule has 1 aliphatic rings. The third-order valence-electron chi connectivity index (χ3n) is 5.61. The minimum absolute atomic E-state index is 0.0282. The highest BCUT2D eigenvalue weighted by atomic mass is 32.1. The number of hydrogen-bond donors (Lipinski definition) is 1. The summed E-state index contributed by atoms with van der Waals surface area (Å²) in [6, 6.07) is 9.93. The van der Waals surface area contributed by atoms with Crippen LogP contribution in [0.1, 0.15) is 22.0 Å². The predicted octanol–water partition coefficient (Wildman–Crippen LogP) is 2.52. The first-order valence-corrected chi connectivity index (χ1v) is 11.8. The number of nitrogens with zero attached hydrogens (tertiary/aromatic N) is 2. The standard InChI is InChI=1S/C24H34N2O5S/c1-18-5-4-6-20(13-18)31-17-22-21-8-12-32-23(21)7-9-26(22)24(28)15-25(10-11-29-2)14-19(27)16-30-3/h4-6,8,12-13,19,22,27H,7,9-11,14-17H2,1-3H3/t19-,22+/m1/s1. The van der Waals surface area contributed by atoms with Gasteiger partial charge in [0.1, 0.15) is 12.4 Å². The predicted molar refractivity (Wildman–Crippen MR) is 125 cm³/mol. The molecule has 0 bridgehead atoms. The van der Waals surface area contributed by atoms with Crippen LogP contribution in [0.5, 0.6) is 5.75 Å². The van der Waals surface area contributed by atoms with Gasteiger partial charge in [0.15, 0.2) is 0 Å². The molecule has 32 heavy (non-hydrogen) atoms. The molecule has 0 aliphatic carbocycles. The van der Waals surface area contributed by atoms with E-state index >= 15 is 0 Å². The van der Waals surface area contributed by atoms with E-state index in [1.807, 2.05) is 41.0 Å². The van der Waals surface area contributed by atoms with Crippen molar-refractivity contribution in [1.82, 2.24) is 9.80 Å². The third-order valence-corrected chi connectivity index (χ3v) is 6.61. The van der Waals surface area contributed by atoms with Crippen LogP contribution < -0.4 is 4.74 Å². The van der Waals surface area contributed by atoms with Gasteiger partial charge in [0.25, 0.3) is 0 Å². The molecule has 1 amide bonds. The second-order valence-electron chi connectivity index (χ2n) is 8.12. The maximum Gasteiger partial charge on any atom is 0.237 e. The maximum atomic E-state index is 13.4. The molecular formula is C24H34N2O5S. The monoisotopic (exact) mass is 462 g/mol. The zero-order valence-electron chi connectivity index (χ0n) is 19.2. The lowest BCUT2D eigenvalue weighted by Crippen LogP contribution is -2.48. The van der Waals surface area contributed by atoms with Crippen LogP contribution in [0.15, 0.2) is 35.7 Å². The van der Waals surface area contributed by atoms with Crippen LogP contribution in [-0.2, 0) is 20.7 Å². The molecule has 7 nitrogen and oxygen atoms in total. The van der Waals surface area contributed by atoms with Gasteiger partial charge >= 0.3 is 0 Å². The average Bonchev–Trinajstić information content (AvgIpc) is 3.25. The topological polar surface area (TPSA) is 71.5 Å². The van der Waals surface area contributed by atoms with Crippen molar-refractivity contribution in [2.45, 2.75) is 25.5 Å². The summed E-state index contributed by atoms with van der Waals surface area (Å²) in [5, 5.41) is 12.3. The Morgan fingerprint density at radius 3 is 2.91 bits per heavy atom. The fraction of sp³-hybridized carbons (Fsp3) is 0.542. The number of methoxy groups -OCH3 is 2. The lowest BCUT2D eigenvalue weighted by atomic mass is 10.0. The first-order chi connectivity index (χ1) is 15.5. The SMILES string of the molecule is COCCN(CC(=O)N1CCc2sccc2[C@@H]1COc1cccc(C)c1)C[C@@H](O)COC. The number of aryl methyl sites for hydroxylation is 1. The smallest absolute Gasteiger partial charge is 0.237 e. The molecule has 8 heteroatoms. The van der Waals surface area contributed by atoms with Gasteiger partial charge in [0.05, 0.1) is 31.9 Å². The van der Waals surface area contributed by atoms with Gasteiger partial charge in [-0.15, -0.1) is 11.3 Å². The molecule has 1 aliphatic heterocycles. The molecule has 2 aromatic rings. The van der Waals surface area contributed by atoms with E-state index in [1.165, 1.54) is 10.4 Å². The van der Waals surface area contributed by atoms with E-state index in [0.29, 0.717) is 32.8 Å². The zero-order valence-corrected chi connectivity index (χ0v) is 20.0. The first kappa shape index (κ1) is 24.7. The number of aliphatic hydroxyl groups excluding tert-OH is 1. The van der Waals surface area contributed by atoms with Crippen LogP contribution in [0.2, 0.25) is 0 Å². The molecule has 176 valence electrons. The van der Waals surface area contributed by atoms with Crippen molar-refractivity contribution in [2.75, 3.05) is 60.2 Å². The Bertz CT molecular complexity index is 858. The number of fused-ring (bicyclic) bond motifs is 1. The number of hydrogen-bond acceptors (Lipinski definition) is 7. The van der Waals surface area contributed by atoms with Crippen molar-refractivity contribution in [1.29, 1.82) is 0 Å². The Balaban J connectivity index is 1.71. The quantitative estimate of drug-likeness (QED) is 0.523. The summed E-state index contributed by atoms with van der Waals surface area (Å²) in [6.07, 6.45) is 0.194. The fourth-order valence-corrected chi connectivity index (χ4v) is 4.96. The fourth-order valence-electron chi connectivity index (χ4n) is 4.04. The van der Waals surface area contributed by atoms with Gasteiger partial charge in [0.2, 0.25) is 5.91 Å². The van der Waals surface area contributed by atoms with Crippen LogP contribution in [0, 0.1) is 6.92 Å². The summed E-state index contributed by atoms with van der Waals surface area (Å²) in [5.74, 6) is 0.838. The highest BCUT2D eigenvalue weighted by molar-refractivity contribution is 7.10. The number of thiophene rings is 1. The molecule has 2 heterocycles. The van der Waals surface area contributed by atoms with Gasteiger partial charge in [-0.05, 0) is 48.1 Å². The lowest BCUT2D eigenvalue weighted by molar-refractivity contribution is -0.136. The second-order valence-corrected chi connectivity index (χ2v) is 9.12. The summed E-state index contributed by atoms with van der Waals surface area (Å²) >= 11 is 1.74. The van der Waals surface area contributed by atoms with Crippen molar-refractivity contribution in [2.24, 2.45) is 0 Å². The summed E-state index contributed by atoms with van der Waals surface area (Å²) in [6.45, 7) is 4.94. The molecule has 1 aromatic heterocycles. The normalized spacial score (nSPS) is 16.8. The first-order valence-electron chi connectivity index (χ1n) is 10.9. The van der Waals surface area contributed by atoms with Crippen molar-refractivity contribution < 1.29 is 24.1 Å². The number of carbonyl (C=O) groups excluding carboxylic acids is 1. The van der Waals surface area contributed by atoms with E-state index in [9.17, 15) is 9.90 Å². The molecule has 1 N–H and O–H groups in total. The number of ether oxygens (including phenoxy) is 3. The van der Waals surface area contributed by atoms with Crippen LogP contribution in [0.3, 0.4) is 0 Å². The largest absolute Gasteiger partial charge is 0.491 e. The van der Waals surface area contributed by atoms with Crippen molar-refractivity contribution in [3.05, 3.63) is 51.7 Å². The highest BCUT2D eigenvalue weighted by Crippen LogP contribution is 2.34. The van der Waals surface area contributed by atoms with E-state index in [0.717, 1.165) is 17.7 Å². The van der Waals surface area contributed by atoms with Crippen molar-refractivity contribution in [3.8, 4) is 5.75 Å². The number of carbonyl (C=O) groups is 1. The molecular weight excluding hydrogens is 428 g/mol. The van der Waals surface area contributed by atoms with E-state index in [4.69, 9.17) is 14.2 Å². The van der Waals surface area contributed by atoms with Crippen molar-refractivity contribution >= 4 is 17.2 Å². The Morgan fingerprint density at radius 1 is 1.31 bits per heavy atom. The summed E-state index contributed by atoms with van der Waals surface area (Å²) in [5.41, 5.74) is 2.31. The molecule has 0 unspecified atom stereocenters. The zero-order chi connectivity index (χ0) is 22.9. The lowest BCUT2D eigenvalue weighted by Gasteiger charge is -2.37. The summed E-state index contributed by atoms with van der Waals surface area (Å²) in [4.78, 5) is 18.6. The minimum Gasteiger partial charge on any atom is -0.491 e. The molecule has 1 aromatic carbocycles. The summed E-state index contributed by atoms with van der Waals surface area (Å²) < 4.78 is 16.4. The number of benzene rings is 1. The van der Waals surface area contributed by atoms with E-state index < -0.39 is 6.10 Å². The van der Waals surface area contributed by atoms with Crippen LogP contribution >= 0.6 is 11.3 Å². The van der Waals surface area contributed by atoms with Crippen LogP contribution in [-0.4, -0.2) is 87.1 Å². The third kappa shape index (κ3) is 6.76. The molecule has 0 fully saturated rings. The maximum absolute atomic E-state index is 13.4. The molecule has 0 spiro atoms. The van der Waals surface area contributed by atoms with E-state index in [1.54, 1.807) is 25.6 Å². The molecule has 0 saturated heterocycles. The number of amides is 1. The number of rotatable bonds is 12. The Morgan fingerprint density at radius 2 is 2.16 bits per heavy atom. The Hall–Kier alpha value is -1.97. The Labute approximate surface area is 194 Å². The van der Waals surface area contributed by atoms with E-state index in [-0.39, 0.29) is 25.1 Å². The van der Waals surface area contributed by atoms with Gasteiger partial charge in [0, 0.05) is 38.7 Å². The summed E-state index contributed by atoms with van der Waals surface area (Å²) in [7, 11) is 3.19. The molecule has 0 radical (unpaired) electrons. The van der Waals surface area contributed by atoms with Crippen molar-refractivity contribution in [3.63, 3.8) is 0 Å². The molecule has 3 rings (SSSR count). The number of aliphatic hydroxyl groups is 1. The second kappa shape index (κ2) is 12.3.